The van der Waals surface area contributed by atoms with Gasteiger partial charge in [-0.3, -0.25) is 4.79 Å². The Morgan fingerprint density at radius 2 is 1.95 bits per heavy atom. The Balaban J connectivity index is 3.03. The molecule has 1 aromatic carbocycles. The van der Waals surface area contributed by atoms with Crippen molar-refractivity contribution < 1.29 is 13.2 Å². The first-order valence-corrected chi connectivity index (χ1v) is 8.24. The molecule has 1 aromatic rings. The van der Waals surface area contributed by atoms with Gasteiger partial charge in [0.05, 0.1) is 11.4 Å². The van der Waals surface area contributed by atoms with Gasteiger partial charge in [0.15, 0.2) is 0 Å². The highest BCUT2D eigenvalue weighted by Crippen LogP contribution is 2.25. The van der Waals surface area contributed by atoms with Crippen LogP contribution in [-0.4, -0.2) is 38.8 Å². The van der Waals surface area contributed by atoms with E-state index in [1.54, 1.807) is 26.0 Å². The molecule has 21 heavy (non-hydrogen) atoms. The second kappa shape index (κ2) is 6.91. The highest BCUT2D eigenvalue weighted by Gasteiger charge is 2.25. The van der Waals surface area contributed by atoms with Crippen LogP contribution < -0.4 is 11.1 Å². The van der Waals surface area contributed by atoms with Gasteiger partial charge in [-0.15, -0.1) is 0 Å². The van der Waals surface area contributed by atoms with E-state index in [4.69, 9.17) is 5.73 Å². The molecule has 7 heteroatoms. The summed E-state index contributed by atoms with van der Waals surface area (Å²) in [6.45, 7) is 5.69. The number of hydrogen-bond acceptors (Lipinski definition) is 4. The normalized spacial score (nSPS) is 11.7. The molecule has 0 aliphatic rings. The van der Waals surface area contributed by atoms with Crippen molar-refractivity contribution in [3.63, 3.8) is 0 Å². The molecular weight excluding hydrogens is 290 g/mol. The highest BCUT2D eigenvalue weighted by molar-refractivity contribution is 7.89. The minimum absolute atomic E-state index is 0.144. The van der Waals surface area contributed by atoms with E-state index in [0.717, 1.165) is 16.3 Å². The van der Waals surface area contributed by atoms with Crippen molar-refractivity contribution in [2.45, 2.75) is 32.1 Å². The molecule has 0 aliphatic heterocycles. The molecule has 0 heterocycles. The SMILES string of the molecule is CCCNC(=O)CN(C)S(=O)(=O)c1cc(C)cc(N)c1C. The van der Waals surface area contributed by atoms with Crippen molar-refractivity contribution >= 4 is 21.6 Å². The van der Waals surface area contributed by atoms with Crippen molar-refractivity contribution in [1.82, 2.24) is 9.62 Å². The number of amides is 1. The molecule has 0 radical (unpaired) electrons. The summed E-state index contributed by atoms with van der Waals surface area (Å²) in [6.07, 6.45) is 0.801. The number of rotatable bonds is 6. The summed E-state index contributed by atoms with van der Waals surface area (Å²) in [5.41, 5.74) is 7.52. The molecule has 0 spiro atoms. The average molecular weight is 313 g/mol. The fraction of sp³-hybridized carbons (Fsp3) is 0.500. The van der Waals surface area contributed by atoms with Gasteiger partial charge in [-0.25, -0.2) is 8.42 Å². The minimum Gasteiger partial charge on any atom is -0.398 e. The van der Waals surface area contributed by atoms with Crippen molar-refractivity contribution in [2.24, 2.45) is 0 Å². The Kier molecular flexibility index (Phi) is 5.74. The van der Waals surface area contributed by atoms with E-state index < -0.39 is 10.0 Å². The summed E-state index contributed by atoms with van der Waals surface area (Å²) in [4.78, 5) is 11.8. The molecule has 3 N–H and O–H groups in total. The van der Waals surface area contributed by atoms with Crippen LogP contribution in [0.5, 0.6) is 0 Å². The molecule has 0 aromatic heterocycles. The van der Waals surface area contributed by atoms with Crippen LogP contribution in [0.25, 0.3) is 0 Å². The Labute approximate surface area is 126 Å². The van der Waals surface area contributed by atoms with Gasteiger partial charge in [-0.2, -0.15) is 4.31 Å². The first-order valence-electron chi connectivity index (χ1n) is 6.80. The van der Waals surface area contributed by atoms with Gasteiger partial charge in [0, 0.05) is 19.3 Å². The summed E-state index contributed by atoms with van der Waals surface area (Å²) < 4.78 is 26.2. The second-order valence-electron chi connectivity index (χ2n) is 5.09. The Hall–Kier alpha value is -1.60. The lowest BCUT2D eigenvalue weighted by Crippen LogP contribution is -2.38. The number of nitrogens with two attached hydrogens (primary N) is 1. The summed E-state index contributed by atoms with van der Waals surface area (Å²) >= 11 is 0. The molecular formula is C14H23N3O3S. The van der Waals surface area contributed by atoms with Gasteiger partial charge < -0.3 is 11.1 Å². The number of anilines is 1. The third-order valence-corrected chi connectivity index (χ3v) is 5.10. The number of nitrogens with zero attached hydrogens (tertiary/aromatic N) is 1. The summed E-state index contributed by atoms with van der Waals surface area (Å²) in [5, 5.41) is 2.65. The summed E-state index contributed by atoms with van der Waals surface area (Å²) in [7, 11) is -2.35. The number of nitrogen functional groups attached to an aromatic ring is 1. The number of sulfonamides is 1. The molecule has 0 atom stereocenters. The predicted octanol–water partition coefficient (Wildman–Crippen LogP) is 1.03. The zero-order chi connectivity index (χ0) is 16.2. The Morgan fingerprint density at radius 3 is 2.52 bits per heavy atom. The third-order valence-electron chi connectivity index (χ3n) is 3.17. The fourth-order valence-electron chi connectivity index (χ4n) is 1.90. The van der Waals surface area contributed by atoms with Crippen LogP contribution in [0.4, 0.5) is 5.69 Å². The van der Waals surface area contributed by atoms with Crippen molar-refractivity contribution in [3.05, 3.63) is 23.3 Å². The van der Waals surface area contributed by atoms with Gasteiger partial charge >= 0.3 is 0 Å². The van der Waals surface area contributed by atoms with Gasteiger partial charge in [-0.1, -0.05) is 6.92 Å². The molecule has 0 aliphatic carbocycles. The van der Waals surface area contributed by atoms with Crippen LogP contribution in [0.15, 0.2) is 17.0 Å². The van der Waals surface area contributed by atoms with Gasteiger partial charge in [-0.05, 0) is 43.5 Å². The number of likely N-dealkylation sites (N-methyl/N-ethyl adjacent to an activating group) is 1. The standard InChI is InChI=1S/C14H23N3O3S/c1-5-6-16-14(18)9-17(4)21(19,20)13-8-10(2)7-12(15)11(13)3/h7-8H,5-6,9,15H2,1-4H3,(H,16,18). The Morgan fingerprint density at radius 1 is 1.33 bits per heavy atom. The predicted molar refractivity (Wildman–Crippen MR) is 83.4 cm³/mol. The fourth-order valence-corrected chi connectivity index (χ4v) is 3.36. The van der Waals surface area contributed by atoms with Gasteiger partial charge in [0.1, 0.15) is 0 Å². The molecule has 1 amide bonds. The van der Waals surface area contributed by atoms with E-state index in [0.29, 0.717) is 17.8 Å². The summed E-state index contributed by atoms with van der Waals surface area (Å²) in [6, 6.07) is 3.30. The number of carbonyl (C=O) groups is 1. The van der Waals surface area contributed by atoms with E-state index in [9.17, 15) is 13.2 Å². The average Bonchev–Trinajstić information content (AvgIpc) is 2.40. The zero-order valence-corrected chi connectivity index (χ0v) is 13.8. The van der Waals surface area contributed by atoms with E-state index in [1.165, 1.54) is 7.05 Å². The number of aryl methyl sites for hydroxylation is 1. The van der Waals surface area contributed by atoms with Gasteiger partial charge in [0.2, 0.25) is 15.9 Å². The van der Waals surface area contributed by atoms with Crippen molar-refractivity contribution in [2.75, 3.05) is 25.9 Å². The molecule has 118 valence electrons. The van der Waals surface area contributed by atoms with Crippen molar-refractivity contribution in [1.29, 1.82) is 0 Å². The van der Waals surface area contributed by atoms with Crippen molar-refractivity contribution in [3.8, 4) is 0 Å². The maximum Gasteiger partial charge on any atom is 0.243 e. The first kappa shape index (κ1) is 17.5. The lowest BCUT2D eigenvalue weighted by molar-refractivity contribution is -0.121. The minimum atomic E-state index is -3.74. The molecule has 0 saturated carbocycles. The maximum atomic E-state index is 12.6. The van der Waals surface area contributed by atoms with E-state index in [-0.39, 0.29) is 17.3 Å². The monoisotopic (exact) mass is 313 g/mol. The molecule has 0 unspecified atom stereocenters. The molecule has 0 fully saturated rings. The van der Waals surface area contributed by atoms with Crippen LogP contribution >= 0.6 is 0 Å². The summed E-state index contributed by atoms with van der Waals surface area (Å²) in [5.74, 6) is -0.318. The first-order chi connectivity index (χ1) is 9.70. The maximum absolute atomic E-state index is 12.6. The van der Waals surface area contributed by atoms with Gasteiger partial charge in [0.25, 0.3) is 0 Å². The Bertz CT molecular complexity index is 627. The van der Waals surface area contributed by atoms with E-state index in [1.807, 2.05) is 6.92 Å². The molecule has 1 rings (SSSR count). The van der Waals surface area contributed by atoms with E-state index >= 15 is 0 Å². The van der Waals surface area contributed by atoms with Crippen LogP contribution in [-0.2, 0) is 14.8 Å². The molecule has 0 bridgehead atoms. The highest BCUT2D eigenvalue weighted by atomic mass is 32.2. The molecule has 0 saturated heterocycles. The number of carbonyl (C=O) groups excluding carboxylic acids is 1. The van der Waals surface area contributed by atoms with Crippen LogP contribution in [0.2, 0.25) is 0 Å². The van der Waals surface area contributed by atoms with Crippen LogP contribution in [0.3, 0.4) is 0 Å². The largest absolute Gasteiger partial charge is 0.398 e. The lowest BCUT2D eigenvalue weighted by Gasteiger charge is -2.19. The van der Waals surface area contributed by atoms with Crippen LogP contribution in [0.1, 0.15) is 24.5 Å². The number of benzene rings is 1. The number of nitrogens with one attached hydrogen (secondary N) is 1. The topological polar surface area (TPSA) is 92.5 Å². The second-order valence-corrected chi connectivity index (χ2v) is 7.10. The van der Waals surface area contributed by atoms with E-state index in [2.05, 4.69) is 5.32 Å². The lowest BCUT2D eigenvalue weighted by atomic mass is 10.1. The zero-order valence-electron chi connectivity index (χ0n) is 12.9. The van der Waals surface area contributed by atoms with Crippen LogP contribution in [0, 0.1) is 13.8 Å². The number of hydrogen-bond donors (Lipinski definition) is 2. The third kappa shape index (κ3) is 4.18. The molecule has 6 nitrogen and oxygen atoms in total. The quantitative estimate of drug-likeness (QED) is 0.767. The smallest absolute Gasteiger partial charge is 0.243 e.